The number of carbonyl (C=O) groups excluding carboxylic acids is 1. The molecule has 0 N–H and O–H groups in total. The highest BCUT2D eigenvalue weighted by Crippen LogP contribution is 2.70. The molecule has 0 aromatic carbocycles. The van der Waals surface area contributed by atoms with E-state index < -0.39 is 0 Å². The molecule has 4 heteroatoms. The summed E-state index contributed by atoms with van der Waals surface area (Å²) in [5.41, 5.74) is 1.35. The van der Waals surface area contributed by atoms with Crippen LogP contribution in [-0.2, 0) is 4.79 Å². The third-order valence-electron chi connectivity index (χ3n) is 9.36. The molecule has 2 heterocycles. The molecule has 4 aliphatic carbocycles. The van der Waals surface area contributed by atoms with E-state index in [1.165, 1.54) is 90.5 Å². The van der Waals surface area contributed by atoms with E-state index in [2.05, 4.69) is 28.5 Å². The minimum Gasteiger partial charge on any atom is -0.341 e. The van der Waals surface area contributed by atoms with Gasteiger partial charge in [0.25, 0.3) is 0 Å². The lowest BCUT2D eigenvalue weighted by Crippen LogP contribution is -2.56. The van der Waals surface area contributed by atoms with Gasteiger partial charge >= 0.3 is 0 Å². The van der Waals surface area contributed by atoms with Crippen LogP contribution in [0.1, 0.15) is 84.5 Å². The maximum Gasteiger partial charge on any atom is 0.223 e. The van der Waals surface area contributed by atoms with Gasteiger partial charge in [-0.15, -0.1) is 0 Å². The van der Waals surface area contributed by atoms with Crippen LogP contribution in [0.4, 0.5) is 0 Å². The molecule has 0 aromatic heterocycles. The molecule has 30 heavy (non-hydrogen) atoms. The number of carbonyl (C=O) groups is 1. The Hall–Kier alpha value is -0.610. The minimum atomic E-state index is 0.321. The van der Waals surface area contributed by atoms with Gasteiger partial charge in [0, 0.05) is 26.1 Å². The Morgan fingerprint density at radius 2 is 1.40 bits per heavy atom. The molecular weight excluding hydrogens is 370 g/mol. The maximum atomic E-state index is 13.4. The lowest BCUT2D eigenvalue weighted by molar-refractivity contribution is -0.161. The Morgan fingerprint density at radius 1 is 0.767 bits per heavy atom. The van der Waals surface area contributed by atoms with Crippen LogP contribution in [0, 0.1) is 22.2 Å². The summed E-state index contributed by atoms with van der Waals surface area (Å²) in [6.07, 6.45) is 14.3. The van der Waals surface area contributed by atoms with Crippen molar-refractivity contribution in [1.29, 1.82) is 0 Å². The summed E-state index contributed by atoms with van der Waals surface area (Å²) in [5, 5.41) is 0. The zero-order valence-electron chi connectivity index (χ0n) is 19.8. The SMILES string of the molecule is CC12CC3CC(C)(C1)CC(CC(=O)N1CCCN(CCCN4CCCC4)CC1)(C3)C2. The van der Waals surface area contributed by atoms with E-state index in [4.69, 9.17) is 0 Å². The van der Waals surface area contributed by atoms with Crippen LogP contribution >= 0.6 is 0 Å². The summed E-state index contributed by atoms with van der Waals surface area (Å²) >= 11 is 0. The van der Waals surface area contributed by atoms with Gasteiger partial charge in [0.15, 0.2) is 0 Å². The normalized spacial score (nSPS) is 42.1. The van der Waals surface area contributed by atoms with E-state index in [9.17, 15) is 4.79 Å². The zero-order valence-corrected chi connectivity index (χ0v) is 19.8. The zero-order chi connectivity index (χ0) is 20.8. The average molecular weight is 416 g/mol. The van der Waals surface area contributed by atoms with Crippen molar-refractivity contribution in [2.45, 2.75) is 84.5 Å². The predicted octanol–water partition coefficient (Wildman–Crippen LogP) is 4.39. The molecule has 6 fully saturated rings. The number of hydrogen-bond donors (Lipinski definition) is 0. The van der Waals surface area contributed by atoms with E-state index in [-0.39, 0.29) is 0 Å². The number of nitrogens with zero attached hydrogens (tertiary/aromatic N) is 3. The molecule has 4 bridgehead atoms. The van der Waals surface area contributed by atoms with Crippen molar-refractivity contribution in [3.05, 3.63) is 0 Å². The number of rotatable bonds is 6. The van der Waals surface area contributed by atoms with Gasteiger partial charge in [-0.05, 0) is 119 Å². The quantitative estimate of drug-likeness (QED) is 0.644. The third-order valence-corrected chi connectivity index (χ3v) is 9.36. The Kier molecular flexibility index (Phi) is 5.71. The molecule has 1 amide bonds. The molecule has 2 atom stereocenters. The Labute approximate surface area is 184 Å². The van der Waals surface area contributed by atoms with Crippen LogP contribution < -0.4 is 0 Å². The van der Waals surface area contributed by atoms with Crippen molar-refractivity contribution in [1.82, 2.24) is 14.7 Å². The molecule has 2 aliphatic heterocycles. The number of amides is 1. The number of hydrogen-bond acceptors (Lipinski definition) is 3. The topological polar surface area (TPSA) is 26.8 Å². The fourth-order valence-electron chi connectivity index (χ4n) is 9.28. The van der Waals surface area contributed by atoms with Crippen LogP contribution in [0.25, 0.3) is 0 Å². The molecule has 0 radical (unpaired) electrons. The maximum absolute atomic E-state index is 13.4. The van der Waals surface area contributed by atoms with E-state index >= 15 is 0 Å². The Morgan fingerprint density at radius 3 is 2.07 bits per heavy atom. The minimum absolute atomic E-state index is 0.321. The second kappa shape index (κ2) is 8.06. The average Bonchev–Trinajstić information content (AvgIpc) is 3.02. The molecule has 170 valence electrons. The van der Waals surface area contributed by atoms with E-state index in [0.29, 0.717) is 22.2 Å². The lowest BCUT2D eigenvalue weighted by Gasteiger charge is -2.65. The molecule has 4 saturated carbocycles. The summed E-state index contributed by atoms with van der Waals surface area (Å²) in [5.74, 6) is 1.36. The molecule has 2 unspecified atom stereocenters. The van der Waals surface area contributed by atoms with Gasteiger partial charge in [-0.25, -0.2) is 0 Å². The molecule has 2 saturated heterocycles. The van der Waals surface area contributed by atoms with E-state index in [1.54, 1.807) is 0 Å². The van der Waals surface area contributed by atoms with Crippen LogP contribution in [0.5, 0.6) is 0 Å². The van der Waals surface area contributed by atoms with Crippen molar-refractivity contribution in [2.75, 3.05) is 52.4 Å². The highest BCUT2D eigenvalue weighted by atomic mass is 16.2. The smallest absolute Gasteiger partial charge is 0.223 e. The molecule has 6 aliphatic rings. The molecule has 0 spiro atoms. The predicted molar refractivity (Wildman–Crippen MR) is 122 cm³/mol. The van der Waals surface area contributed by atoms with Gasteiger partial charge in [0.1, 0.15) is 0 Å². The van der Waals surface area contributed by atoms with Crippen LogP contribution in [0.2, 0.25) is 0 Å². The van der Waals surface area contributed by atoms with Gasteiger partial charge < -0.3 is 14.7 Å². The summed E-state index contributed by atoms with van der Waals surface area (Å²) < 4.78 is 0. The van der Waals surface area contributed by atoms with Gasteiger partial charge in [-0.1, -0.05) is 13.8 Å². The lowest BCUT2D eigenvalue weighted by atomic mass is 9.40. The fourth-order valence-corrected chi connectivity index (χ4v) is 9.28. The van der Waals surface area contributed by atoms with Crippen molar-refractivity contribution >= 4 is 5.91 Å². The summed E-state index contributed by atoms with van der Waals surface area (Å²) in [6, 6.07) is 0. The van der Waals surface area contributed by atoms with Gasteiger partial charge in [-0.2, -0.15) is 0 Å². The monoisotopic (exact) mass is 415 g/mol. The largest absolute Gasteiger partial charge is 0.341 e. The first-order valence-corrected chi connectivity index (χ1v) is 13.1. The highest BCUT2D eigenvalue weighted by molar-refractivity contribution is 5.77. The van der Waals surface area contributed by atoms with Gasteiger partial charge in [0.05, 0.1) is 0 Å². The summed E-state index contributed by atoms with van der Waals surface area (Å²) in [4.78, 5) is 20.9. The van der Waals surface area contributed by atoms with Crippen molar-refractivity contribution in [3.63, 3.8) is 0 Å². The molecular formula is C26H45N3O. The molecule has 4 nitrogen and oxygen atoms in total. The first-order valence-electron chi connectivity index (χ1n) is 13.1. The molecule has 6 rings (SSSR count). The van der Waals surface area contributed by atoms with E-state index in [1.807, 2.05) is 0 Å². The Bertz CT molecular complexity index is 624. The highest BCUT2D eigenvalue weighted by Gasteiger charge is 2.60. The summed E-state index contributed by atoms with van der Waals surface area (Å²) in [6.45, 7) is 14.3. The summed E-state index contributed by atoms with van der Waals surface area (Å²) in [7, 11) is 0. The second-order valence-corrected chi connectivity index (χ2v) is 12.8. The third kappa shape index (κ3) is 4.46. The standard InChI is InChI=1S/C26H45N3O/c1-24-15-22-16-25(2,19-24)21-26(17-22,20-24)18-23(30)29-12-6-11-28(13-14-29)10-5-9-27-7-3-4-8-27/h22H,3-21H2,1-2H3. The first-order chi connectivity index (χ1) is 14.3. The van der Waals surface area contributed by atoms with Gasteiger partial charge in [-0.3, -0.25) is 4.79 Å². The Balaban J connectivity index is 1.13. The van der Waals surface area contributed by atoms with E-state index in [0.717, 1.165) is 38.4 Å². The second-order valence-electron chi connectivity index (χ2n) is 12.8. The first kappa shape index (κ1) is 21.2. The van der Waals surface area contributed by atoms with Crippen LogP contribution in [0.3, 0.4) is 0 Å². The van der Waals surface area contributed by atoms with Gasteiger partial charge in [0.2, 0.25) is 5.91 Å². The van der Waals surface area contributed by atoms with Crippen molar-refractivity contribution in [2.24, 2.45) is 22.2 Å². The molecule has 0 aromatic rings. The number of likely N-dealkylation sites (tertiary alicyclic amines) is 1. The van der Waals surface area contributed by atoms with Crippen molar-refractivity contribution in [3.8, 4) is 0 Å². The fraction of sp³-hybridized carbons (Fsp3) is 0.962. The van der Waals surface area contributed by atoms with Crippen LogP contribution in [0.15, 0.2) is 0 Å². The van der Waals surface area contributed by atoms with Crippen LogP contribution in [-0.4, -0.2) is 73.0 Å². The van der Waals surface area contributed by atoms with Crippen molar-refractivity contribution < 1.29 is 4.79 Å².